The van der Waals surface area contributed by atoms with E-state index in [9.17, 15) is 14.4 Å². The first kappa shape index (κ1) is 19.9. The van der Waals surface area contributed by atoms with Gasteiger partial charge in [-0.2, -0.15) is 0 Å². The van der Waals surface area contributed by atoms with Crippen LogP contribution in [0.25, 0.3) is 0 Å². The number of aromatic nitrogens is 2. The van der Waals surface area contributed by atoms with Gasteiger partial charge < -0.3 is 15.0 Å². The Morgan fingerprint density at radius 1 is 1.31 bits per heavy atom. The normalized spacial score (nSPS) is 20.7. The molecule has 29 heavy (non-hydrogen) atoms. The number of carbonyl (C=O) groups is 1. The van der Waals surface area contributed by atoms with Crippen LogP contribution in [0.5, 0.6) is 5.75 Å². The van der Waals surface area contributed by atoms with Crippen LogP contribution in [0.3, 0.4) is 0 Å². The maximum Gasteiger partial charge on any atom is 0.328 e. The molecule has 0 bridgehead atoms. The summed E-state index contributed by atoms with van der Waals surface area (Å²) in [6.07, 6.45) is 3.82. The zero-order chi connectivity index (χ0) is 20.6. The lowest BCUT2D eigenvalue weighted by molar-refractivity contribution is -0.123. The Kier molecular flexibility index (Phi) is 5.35. The summed E-state index contributed by atoms with van der Waals surface area (Å²) in [7, 11) is 2.10. The number of ether oxygens (including phenoxy) is 1. The quantitative estimate of drug-likeness (QED) is 0.718. The summed E-state index contributed by atoms with van der Waals surface area (Å²) in [5, 5.41) is 3.07. The number of nitrogens with one attached hydrogen (secondary N) is 2. The van der Waals surface area contributed by atoms with Gasteiger partial charge in [-0.1, -0.05) is 18.2 Å². The van der Waals surface area contributed by atoms with Crippen LogP contribution in [0.2, 0.25) is 0 Å². The number of aromatic amines is 1. The molecule has 0 radical (unpaired) electrons. The number of nitrogens with zero attached hydrogens (tertiary/aromatic N) is 2. The molecule has 3 heterocycles. The van der Waals surface area contributed by atoms with Crippen molar-refractivity contribution in [1.82, 2.24) is 19.8 Å². The van der Waals surface area contributed by atoms with E-state index in [1.165, 1.54) is 10.8 Å². The Labute approximate surface area is 176 Å². The second-order valence-electron chi connectivity index (χ2n) is 7.81. The van der Waals surface area contributed by atoms with E-state index in [-0.39, 0.29) is 28.6 Å². The number of rotatable bonds is 3. The Hall–Kier alpha value is -2.39. The zero-order valence-corrected chi connectivity index (χ0v) is 17.7. The van der Waals surface area contributed by atoms with Gasteiger partial charge in [0.2, 0.25) is 5.91 Å². The highest BCUT2D eigenvalue weighted by molar-refractivity contribution is 9.10. The minimum absolute atomic E-state index is 0.177. The summed E-state index contributed by atoms with van der Waals surface area (Å²) in [6, 6.07) is 7.57. The molecule has 2 aromatic rings. The molecule has 0 saturated carbocycles. The molecule has 2 N–H and O–H groups in total. The number of likely N-dealkylation sites (tertiary alicyclic amines) is 1. The summed E-state index contributed by atoms with van der Waals surface area (Å²) in [5.41, 5.74) is -0.487. The zero-order valence-electron chi connectivity index (χ0n) is 16.1. The number of fused-ring (bicyclic) bond motifs is 1. The summed E-state index contributed by atoms with van der Waals surface area (Å²) < 4.78 is 7.79. The minimum Gasteiger partial charge on any atom is -0.487 e. The standard InChI is InChI=1S/C20H23BrN4O4/c1-24-8-6-20(7-9-24)10-15(13-4-2-3-5-16(13)29-20)22-17(26)12-25-11-14(21)18(27)23-19(25)28/h2-5,11,15H,6-10,12H2,1H3,(H,22,26)(H,23,27,28). The van der Waals surface area contributed by atoms with Crippen molar-refractivity contribution in [3.8, 4) is 5.75 Å². The molecule has 1 saturated heterocycles. The largest absolute Gasteiger partial charge is 0.487 e. The van der Waals surface area contributed by atoms with Gasteiger partial charge in [0.05, 0.1) is 10.5 Å². The van der Waals surface area contributed by atoms with Crippen molar-refractivity contribution in [2.45, 2.75) is 37.5 Å². The molecule has 2 aliphatic rings. The highest BCUT2D eigenvalue weighted by atomic mass is 79.9. The van der Waals surface area contributed by atoms with Crippen molar-refractivity contribution < 1.29 is 9.53 Å². The van der Waals surface area contributed by atoms with E-state index in [1.807, 2.05) is 24.3 Å². The SMILES string of the molecule is CN1CCC2(CC1)CC(NC(=O)Cn1cc(Br)c(=O)[nH]c1=O)c1ccccc1O2. The highest BCUT2D eigenvalue weighted by Crippen LogP contribution is 2.44. The van der Waals surface area contributed by atoms with Gasteiger partial charge in [-0.05, 0) is 41.9 Å². The van der Waals surface area contributed by atoms with E-state index in [1.54, 1.807) is 0 Å². The average Bonchev–Trinajstić information content (AvgIpc) is 2.68. The smallest absolute Gasteiger partial charge is 0.328 e. The Balaban J connectivity index is 1.55. The first-order valence-corrected chi connectivity index (χ1v) is 10.4. The second kappa shape index (κ2) is 7.79. The van der Waals surface area contributed by atoms with E-state index in [4.69, 9.17) is 4.74 Å². The predicted molar refractivity (Wildman–Crippen MR) is 111 cm³/mol. The molecule has 1 fully saturated rings. The van der Waals surface area contributed by atoms with Gasteiger partial charge in [-0.3, -0.25) is 19.1 Å². The predicted octanol–water partition coefficient (Wildman–Crippen LogP) is 1.40. The van der Waals surface area contributed by atoms with E-state index >= 15 is 0 Å². The van der Waals surface area contributed by atoms with Crippen LogP contribution in [0, 0.1) is 0 Å². The fourth-order valence-corrected chi connectivity index (χ4v) is 4.42. The summed E-state index contributed by atoms with van der Waals surface area (Å²) in [5.74, 6) is 0.508. The lowest BCUT2D eigenvalue weighted by Crippen LogP contribution is -2.51. The second-order valence-corrected chi connectivity index (χ2v) is 8.67. The van der Waals surface area contributed by atoms with Gasteiger partial charge in [0.25, 0.3) is 5.56 Å². The molecule has 1 spiro atoms. The third-order valence-corrected chi connectivity index (χ3v) is 6.28. The number of hydrogen-bond donors (Lipinski definition) is 2. The van der Waals surface area contributed by atoms with Gasteiger partial charge in [-0.25, -0.2) is 4.79 Å². The van der Waals surface area contributed by atoms with Gasteiger partial charge in [-0.15, -0.1) is 0 Å². The Morgan fingerprint density at radius 3 is 2.79 bits per heavy atom. The molecule has 1 aromatic carbocycles. The van der Waals surface area contributed by atoms with Crippen LogP contribution >= 0.6 is 15.9 Å². The molecule has 1 atom stereocenters. The minimum atomic E-state index is -0.618. The molecule has 1 amide bonds. The molecule has 8 nitrogen and oxygen atoms in total. The number of carbonyl (C=O) groups excluding carboxylic acids is 1. The van der Waals surface area contributed by atoms with Gasteiger partial charge in [0.15, 0.2) is 0 Å². The van der Waals surface area contributed by atoms with Crippen molar-refractivity contribution in [2.75, 3.05) is 20.1 Å². The van der Waals surface area contributed by atoms with E-state index in [2.05, 4.69) is 38.2 Å². The van der Waals surface area contributed by atoms with Crippen LogP contribution < -0.4 is 21.3 Å². The lowest BCUT2D eigenvalue weighted by Gasteiger charge is -2.46. The fraction of sp³-hybridized carbons (Fsp3) is 0.450. The number of piperidine rings is 1. The van der Waals surface area contributed by atoms with E-state index < -0.39 is 11.2 Å². The Bertz CT molecular complexity index is 1040. The first-order valence-electron chi connectivity index (χ1n) is 9.60. The highest BCUT2D eigenvalue weighted by Gasteiger charge is 2.43. The number of amides is 1. The molecule has 1 unspecified atom stereocenters. The molecular weight excluding hydrogens is 440 g/mol. The Morgan fingerprint density at radius 2 is 2.03 bits per heavy atom. The van der Waals surface area contributed by atoms with Crippen molar-refractivity contribution in [3.05, 3.63) is 61.3 Å². The number of benzene rings is 1. The maximum atomic E-state index is 12.7. The van der Waals surface area contributed by atoms with Crippen molar-refractivity contribution >= 4 is 21.8 Å². The molecule has 154 valence electrons. The monoisotopic (exact) mass is 462 g/mol. The topological polar surface area (TPSA) is 96.4 Å². The van der Waals surface area contributed by atoms with Crippen molar-refractivity contribution in [2.24, 2.45) is 0 Å². The summed E-state index contributed by atoms with van der Waals surface area (Å²) in [4.78, 5) is 40.7. The van der Waals surface area contributed by atoms with Gasteiger partial charge >= 0.3 is 5.69 Å². The number of para-hydroxylation sites is 1. The summed E-state index contributed by atoms with van der Waals surface area (Å²) >= 11 is 3.09. The number of H-pyrrole nitrogens is 1. The average molecular weight is 463 g/mol. The van der Waals surface area contributed by atoms with Crippen LogP contribution in [-0.2, 0) is 11.3 Å². The van der Waals surface area contributed by atoms with E-state index in [0.29, 0.717) is 6.42 Å². The van der Waals surface area contributed by atoms with Crippen LogP contribution in [0.15, 0.2) is 44.5 Å². The first-order chi connectivity index (χ1) is 13.8. The third-order valence-electron chi connectivity index (χ3n) is 5.71. The summed E-state index contributed by atoms with van der Waals surface area (Å²) in [6.45, 7) is 1.72. The molecule has 1 aromatic heterocycles. The number of hydrogen-bond acceptors (Lipinski definition) is 5. The van der Waals surface area contributed by atoms with E-state index in [0.717, 1.165) is 37.2 Å². The molecule has 0 aliphatic carbocycles. The maximum absolute atomic E-state index is 12.7. The van der Waals surface area contributed by atoms with Crippen molar-refractivity contribution in [1.29, 1.82) is 0 Å². The van der Waals surface area contributed by atoms with Crippen molar-refractivity contribution in [3.63, 3.8) is 0 Å². The molecule has 2 aliphatic heterocycles. The van der Waals surface area contributed by atoms with Gasteiger partial charge in [0.1, 0.15) is 17.9 Å². The molecule has 9 heteroatoms. The lowest BCUT2D eigenvalue weighted by atomic mass is 9.80. The van der Waals surface area contributed by atoms with Crippen LogP contribution in [0.4, 0.5) is 0 Å². The molecular formula is C20H23BrN4O4. The molecule has 4 rings (SSSR count). The third kappa shape index (κ3) is 4.16. The van der Waals surface area contributed by atoms with Gasteiger partial charge in [0, 0.05) is 31.3 Å². The fourth-order valence-electron chi connectivity index (χ4n) is 4.07. The van der Waals surface area contributed by atoms with Crippen LogP contribution in [-0.4, -0.2) is 46.1 Å². The number of halogens is 1. The van der Waals surface area contributed by atoms with Crippen LogP contribution in [0.1, 0.15) is 30.9 Å².